The highest BCUT2D eigenvalue weighted by molar-refractivity contribution is 4.94. The van der Waals surface area contributed by atoms with Gasteiger partial charge in [-0.1, -0.05) is 11.6 Å². The molecule has 0 radical (unpaired) electrons. The fourth-order valence-corrected chi connectivity index (χ4v) is 0.922. The van der Waals surface area contributed by atoms with Crippen molar-refractivity contribution in [1.82, 2.24) is 5.32 Å². The van der Waals surface area contributed by atoms with E-state index in [2.05, 4.69) is 25.2 Å². The lowest BCUT2D eigenvalue weighted by molar-refractivity contribution is 0.0696. The summed E-state index contributed by atoms with van der Waals surface area (Å²) in [6.45, 7) is 8.38. The van der Waals surface area contributed by atoms with Crippen LogP contribution >= 0.6 is 0 Å². The van der Waals surface area contributed by atoms with Crippen LogP contribution < -0.4 is 5.32 Å². The second-order valence-electron chi connectivity index (χ2n) is 3.44. The maximum absolute atomic E-state index is 5.32. The van der Waals surface area contributed by atoms with E-state index in [1.54, 1.807) is 7.11 Å². The second-order valence-corrected chi connectivity index (χ2v) is 3.44. The predicted molar refractivity (Wildman–Crippen MR) is 59.6 cm³/mol. The first-order chi connectivity index (χ1) is 6.77. The summed E-state index contributed by atoms with van der Waals surface area (Å²) < 4.78 is 10.2. The third kappa shape index (κ3) is 11.6. The van der Waals surface area contributed by atoms with Gasteiger partial charge in [0.15, 0.2) is 0 Å². The summed E-state index contributed by atoms with van der Waals surface area (Å²) in [5, 5.41) is 3.32. The van der Waals surface area contributed by atoms with Gasteiger partial charge in [0.05, 0.1) is 13.2 Å². The summed E-state index contributed by atoms with van der Waals surface area (Å²) >= 11 is 0. The van der Waals surface area contributed by atoms with Gasteiger partial charge in [-0.25, -0.2) is 0 Å². The molecule has 0 aliphatic rings. The monoisotopic (exact) mass is 201 g/mol. The SMILES string of the molecule is COCCOCCCNCC=C(C)C. The molecule has 3 nitrogen and oxygen atoms in total. The third-order valence-electron chi connectivity index (χ3n) is 1.73. The van der Waals surface area contributed by atoms with E-state index < -0.39 is 0 Å². The molecule has 0 saturated heterocycles. The number of allylic oxidation sites excluding steroid dienone is 1. The van der Waals surface area contributed by atoms with Gasteiger partial charge in [-0.2, -0.15) is 0 Å². The summed E-state index contributed by atoms with van der Waals surface area (Å²) in [5.74, 6) is 0. The maximum Gasteiger partial charge on any atom is 0.0700 e. The molecule has 0 spiro atoms. The number of hydrogen-bond donors (Lipinski definition) is 1. The number of hydrogen-bond acceptors (Lipinski definition) is 3. The van der Waals surface area contributed by atoms with Crippen LogP contribution in [0.1, 0.15) is 20.3 Å². The van der Waals surface area contributed by atoms with Crippen LogP contribution in [0.15, 0.2) is 11.6 Å². The Hall–Kier alpha value is -0.380. The average Bonchev–Trinajstić information content (AvgIpc) is 2.15. The zero-order valence-electron chi connectivity index (χ0n) is 9.64. The smallest absolute Gasteiger partial charge is 0.0700 e. The van der Waals surface area contributed by atoms with Crippen LogP contribution in [0.3, 0.4) is 0 Å². The Bertz CT molecular complexity index is 142. The Labute approximate surface area is 87.5 Å². The van der Waals surface area contributed by atoms with Crippen molar-refractivity contribution in [3.05, 3.63) is 11.6 Å². The van der Waals surface area contributed by atoms with Crippen molar-refractivity contribution in [2.45, 2.75) is 20.3 Å². The van der Waals surface area contributed by atoms with E-state index in [0.717, 1.165) is 26.1 Å². The van der Waals surface area contributed by atoms with Crippen molar-refractivity contribution in [2.24, 2.45) is 0 Å². The van der Waals surface area contributed by atoms with E-state index in [0.29, 0.717) is 13.2 Å². The molecule has 0 heterocycles. The molecule has 14 heavy (non-hydrogen) atoms. The molecule has 0 bridgehead atoms. The minimum atomic E-state index is 0.686. The normalized spacial score (nSPS) is 10.2. The second kappa shape index (κ2) is 10.7. The van der Waals surface area contributed by atoms with Crippen molar-refractivity contribution < 1.29 is 9.47 Å². The van der Waals surface area contributed by atoms with E-state index in [1.807, 2.05) is 0 Å². The van der Waals surface area contributed by atoms with Gasteiger partial charge in [-0.05, 0) is 26.8 Å². The van der Waals surface area contributed by atoms with Gasteiger partial charge in [0.25, 0.3) is 0 Å². The van der Waals surface area contributed by atoms with Crippen LogP contribution in [0.4, 0.5) is 0 Å². The average molecular weight is 201 g/mol. The Morgan fingerprint density at radius 1 is 1.21 bits per heavy atom. The number of nitrogens with one attached hydrogen (secondary N) is 1. The fourth-order valence-electron chi connectivity index (χ4n) is 0.922. The summed E-state index contributed by atoms with van der Waals surface area (Å²) in [7, 11) is 1.68. The summed E-state index contributed by atoms with van der Waals surface area (Å²) in [5.41, 5.74) is 1.36. The molecule has 0 amide bonds. The zero-order chi connectivity index (χ0) is 10.6. The summed E-state index contributed by atoms with van der Waals surface area (Å²) in [4.78, 5) is 0. The van der Waals surface area contributed by atoms with Gasteiger partial charge < -0.3 is 14.8 Å². The number of rotatable bonds is 9. The first-order valence-electron chi connectivity index (χ1n) is 5.18. The van der Waals surface area contributed by atoms with Crippen molar-refractivity contribution in [1.29, 1.82) is 0 Å². The van der Waals surface area contributed by atoms with Crippen molar-refractivity contribution in [3.8, 4) is 0 Å². The molecule has 0 rings (SSSR count). The molecular formula is C11H23NO2. The van der Waals surface area contributed by atoms with Crippen LogP contribution in [0.2, 0.25) is 0 Å². The molecule has 84 valence electrons. The van der Waals surface area contributed by atoms with Gasteiger partial charge in [-0.15, -0.1) is 0 Å². The first kappa shape index (κ1) is 13.6. The molecule has 3 heteroatoms. The van der Waals surface area contributed by atoms with E-state index in [4.69, 9.17) is 9.47 Å². The molecule has 0 aromatic carbocycles. The zero-order valence-corrected chi connectivity index (χ0v) is 9.64. The van der Waals surface area contributed by atoms with Gasteiger partial charge in [-0.3, -0.25) is 0 Å². The molecule has 0 saturated carbocycles. The maximum atomic E-state index is 5.32. The molecule has 0 unspecified atom stereocenters. The van der Waals surface area contributed by atoms with Crippen LogP contribution in [-0.4, -0.2) is 40.0 Å². The highest BCUT2D eigenvalue weighted by atomic mass is 16.5. The van der Waals surface area contributed by atoms with Gasteiger partial charge in [0.2, 0.25) is 0 Å². The lowest BCUT2D eigenvalue weighted by Crippen LogP contribution is -2.17. The highest BCUT2D eigenvalue weighted by Crippen LogP contribution is 1.86. The Morgan fingerprint density at radius 3 is 2.64 bits per heavy atom. The lowest BCUT2D eigenvalue weighted by Gasteiger charge is -2.04. The van der Waals surface area contributed by atoms with Crippen molar-refractivity contribution in [2.75, 3.05) is 40.0 Å². The van der Waals surface area contributed by atoms with E-state index in [-0.39, 0.29) is 0 Å². The minimum Gasteiger partial charge on any atom is -0.382 e. The summed E-state index contributed by atoms with van der Waals surface area (Å²) in [6.07, 6.45) is 3.24. The van der Waals surface area contributed by atoms with Crippen molar-refractivity contribution in [3.63, 3.8) is 0 Å². The van der Waals surface area contributed by atoms with Crippen LogP contribution in [0, 0.1) is 0 Å². The molecule has 0 fully saturated rings. The number of ether oxygens (including phenoxy) is 2. The Balaban J connectivity index is 2.96. The molecular weight excluding hydrogens is 178 g/mol. The van der Waals surface area contributed by atoms with E-state index >= 15 is 0 Å². The van der Waals surface area contributed by atoms with E-state index in [9.17, 15) is 0 Å². The fraction of sp³-hybridized carbons (Fsp3) is 0.818. The molecule has 0 aliphatic heterocycles. The Morgan fingerprint density at radius 2 is 2.00 bits per heavy atom. The van der Waals surface area contributed by atoms with Crippen LogP contribution in [0.5, 0.6) is 0 Å². The molecule has 1 N–H and O–H groups in total. The predicted octanol–water partition coefficient (Wildman–Crippen LogP) is 1.60. The first-order valence-corrected chi connectivity index (χ1v) is 5.18. The van der Waals surface area contributed by atoms with Gasteiger partial charge >= 0.3 is 0 Å². The standard InChI is InChI=1S/C11H23NO2/c1-11(2)5-7-12-6-4-8-14-10-9-13-3/h5,12H,4,6-10H2,1-3H3. The molecule has 0 aromatic rings. The minimum absolute atomic E-state index is 0.686. The van der Waals surface area contributed by atoms with Gasteiger partial charge in [0.1, 0.15) is 0 Å². The molecule has 0 aliphatic carbocycles. The molecule has 0 atom stereocenters. The lowest BCUT2D eigenvalue weighted by atomic mass is 10.3. The summed E-state index contributed by atoms with van der Waals surface area (Å²) in [6, 6.07) is 0. The van der Waals surface area contributed by atoms with Crippen LogP contribution in [0.25, 0.3) is 0 Å². The largest absolute Gasteiger partial charge is 0.382 e. The molecule has 0 aromatic heterocycles. The highest BCUT2D eigenvalue weighted by Gasteiger charge is 1.88. The quantitative estimate of drug-likeness (QED) is 0.454. The van der Waals surface area contributed by atoms with E-state index in [1.165, 1.54) is 5.57 Å². The third-order valence-corrected chi connectivity index (χ3v) is 1.73. The van der Waals surface area contributed by atoms with Crippen LogP contribution in [-0.2, 0) is 9.47 Å². The number of methoxy groups -OCH3 is 1. The van der Waals surface area contributed by atoms with Gasteiger partial charge in [0, 0.05) is 20.3 Å². The Kier molecular flexibility index (Phi) is 10.4. The van der Waals surface area contributed by atoms with Crippen molar-refractivity contribution >= 4 is 0 Å². The topological polar surface area (TPSA) is 30.5 Å².